The number of cyclic esters (lactones) is 1. The van der Waals surface area contributed by atoms with E-state index in [0.717, 1.165) is 5.56 Å². The first-order chi connectivity index (χ1) is 10.1. The maximum atomic E-state index is 11.8. The molecule has 21 heavy (non-hydrogen) atoms. The molecule has 0 saturated heterocycles. The van der Waals surface area contributed by atoms with Crippen molar-refractivity contribution in [1.82, 2.24) is 0 Å². The second-order valence-corrected chi connectivity index (χ2v) is 4.30. The highest BCUT2D eigenvalue weighted by Crippen LogP contribution is 2.28. The molecular weight excluding hydrogens is 274 g/mol. The average Bonchev–Trinajstić information content (AvgIpc) is 3.08. The molecule has 1 aliphatic heterocycles. The summed E-state index contributed by atoms with van der Waals surface area (Å²) in [7, 11) is 0. The molecule has 0 unspecified atom stereocenters. The molecule has 2 heterocycles. The summed E-state index contributed by atoms with van der Waals surface area (Å²) in [5.74, 6) is -0.236. The van der Waals surface area contributed by atoms with Gasteiger partial charge in [0.25, 0.3) is 0 Å². The molecule has 104 valence electrons. The maximum absolute atomic E-state index is 11.8. The second-order valence-electron chi connectivity index (χ2n) is 4.30. The van der Waals surface area contributed by atoms with E-state index in [9.17, 15) is 14.9 Å². The van der Waals surface area contributed by atoms with E-state index in [2.05, 4.69) is 0 Å². The molecule has 0 N–H and O–H groups in total. The fraction of sp³-hybridized carbons (Fsp3) is 0. The monoisotopic (exact) mass is 283 g/mol. The highest BCUT2D eigenvalue weighted by molar-refractivity contribution is 6.04. The molecule has 0 atom stereocenters. The van der Waals surface area contributed by atoms with E-state index in [1.165, 1.54) is 18.2 Å². The number of benzene rings is 1. The van der Waals surface area contributed by atoms with Crippen LogP contribution >= 0.6 is 0 Å². The first-order valence-electron chi connectivity index (χ1n) is 6.09. The molecule has 6 nitrogen and oxygen atoms in total. The van der Waals surface area contributed by atoms with E-state index in [4.69, 9.17) is 9.15 Å². The van der Waals surface area contributed by atoms with E-state index >= 15 is 0 Å². The van der Waals surface area contributed by atoms with Crippen LogP contribution in [0.2, 0.25) is 0 Å². The van der Waals surface area contributed by atoms with Gasteiger partial charge >= 0.3 is 11.9 Å². The van der Waals surface area contributed by atoms with Gasteiger partial charge in [0, 0.05) is 5.56 Å². The molecule has 1 aromatic heterocycles. The Morgan fingerprint density at radius 2 is 1.86 bits per heavy atom. The number of furan rings is 1. The third-order valence-corrected chi connectivity index (χ3v) is 2.87. The van der Waals surface area contributed by atoms with E-state index in [0.29, 0.717) is 5.76 Å². The number of carbonyl (C=O) groups is 1. The lowest BCUT2D eigenvalue weighted by atomic mass is 10.1. The fourth-order valence-electron chi connectivity index (χ4n) is 1.90. The van der Waals surface area contributed by atoms with Crippen molar-refractivity contribution >= 4 is 23.7 Å². The largest absolute Gasteiger partial charge is 0.433 e. The Bertz CT molecular complexity index is 770. The topological polar surface area (TPSA) is 82.6 Å². The van der Waals surface area contributed by atoms with Crippen LogP contribution in [0.25, 0.3) is 11.8 Å². The number of nitrogens with zero attached hydrogens (tertiary/aromatic N) is 1. The lowest BCUT2D eigenvalue weighted by Crippen LogP contribution is -1.96. The van der Waals surface area contributed by atoms with Crippen molar-refractivity contribution in [3.63, 3.8) is 0 Å². The molecule has 0 spiro atoms. The van der Waals surface area contributed by atoms with Crippen LogP contribution in [0.4, 0.5) is 5.88 Å². The van der Waals surface area contributed by atoms with Gasteiger partial charge in [-0.25, -0.2) is 4.79 Å². The summed E-state index contributed by atoms with van der Waals surface area (Å²) in [5, 5.41) is 10.5. The Morgan fingerprint density at radius 1 is 1.10 bits per heavy atom. The highest BCUT2D eigenvalue weighted by atomic mass is 16.6. The predicted octanol–water partition coefficient (Wildman–Crippen LogP) is 3.17. The van der Waals surface area contributed by atoms with Crippen molar-refractivity contribution in [2.45, 2.75) is 0 Å². The maximum Gasteiger partial charge on any atom is 0.433 e. The zero-order chi connectivity index (χ0) is 14.8. The molecular formula is C15H9NO5. The molecule has 1 aromatic carbocycles. The SMILES string of the molecule is O=C1OC(c2ccccc2)=C/C1=C\c1ccc([N+](=O)[O-])o1. The van der Waals surface area contributed by atoms with Gasteiger partial charge in [0.15, 0.2) is 0 Å². The second kappa shape index (κ2) is 5.09. The van der Waals surface area contributed by atoms with Crippen LogP contribution < -0.4 is 0 Å². The van der Waals surface area contributed by atoms with Gasteiger partial charge in [-0.3, -0.25) is 10.1 Å². The van der Waals surface area contributed by atoms with E-state index < -0.39 is 10.9 Å². The predicted molar refractivity (Wildman–Crippen MR) is 73.9 cm³/mol. The molecule has 6 heteroatoms. The molecule has 0 bridgehead atoms. The Morgan fingerprint density at radius 3 is 2.52 bits per heavy atom. The first kappa shape index (κ1) is 12.9. The number of hydrogen-bond donors (Lipinski definition) is 0. The van der Waals surface area contributed by atoms with Gasteiger partial charge < -0.3 is 9.15 Å². The molecule has 2 aromatic rings. The summed E-state index contributed by atoms with van der Waals surface area (Å²) < 4.78 is 10.1. The van der Waals surface area contributed by atoms with Gasteiger partial charge in [-0.05, 0) is 18.2 Å². The summed E-state index contributed by atoms with van der Waals surface area (Å²) in [6.07, 6.45) is 2.98. The van der Waals surface area contributed by atoms with Crippen LogP contribution in [0.15, 0.2) is 58.5 Å². The van der Waals surface area contributed by atoms with Crippen molar-refractivity contribution in [2.75, 3.05) is 0 Å². The first-order valence-corrected chi connectivity index (χ1v) is 6.09. The van der Waals surface area contributed by atoms with Crippen LogP contribution in [0, 0.1) is 10.1 Å². The van der Waals surface area contributed by atoms with Crippen LogP contribution in [0.5, 0.6) is 0 Å². The Hall–Kier alpha value is -3.15. The standard InChI is InChI=1S/C15H9NO5/c17-15-11(8-12-6-7-14(20-12)16(18)19)9-13(21-15)10-4-2-1-3-5-10/h1-9H/b11-8+. The molecule has 3 rings (SSSR count). The van der Waals surface area contributed by atoms with Crippen LogP contribution in [0.3, 0.4) is 0 Å². The number of hydrogen-bond acceptors (Lipinski definition) is 5. The molecule has 0 radical (unpaired) electrons. The lowest BCUT2D eigenvalue weighted by Gasteiger charge is -1.99. The summed E-state index contributed by atoms with van der Waals surface area (Å²) >= 11 is 0. The number of nitro groups is 1. The van der Waals surface area contributed by atoms with Gasteiger partial charge in [0.05, 0.1) is 11.6 Å². The third-order valence-electron chi connectivity index (χ3n) is 2.87. The molecule has 0 amide bonds. The summed E-state index contributed by atoms with van der Waals surface area (Å²) in [5.41, 5.74) is 1.05. The number of ether oxygens (including phenoxy) is 1. The van der Waals surface area contributed by atoms with Crippen molar-refractivity contribution in [1.29, 1.82) is 0 Å². The van der Waals surface area contributed by atoms with E-state index in [-0.39, 0.29) is 17.2 Å². The zero-order valence-electron chi connectivity index (χ0n) is 10.7. The highest BCUT2D eigenvalue weighted by Gasteiger charge is 2.22. The van der Waals surface area contributed by atoms with Gasteiger partial charge in [-0.15, -0.1) is 0 Å². The summed E-state index contributed by atoms with van der Waals surface area (Å²) in [6.45, 7) is 0. The van der Waals surface area contributed by atoms with Crippen molar-refractivity contribution in [3.8, 4) is 0 Å². The number of carbonyl (C=O) groups excluding carboxylic acids is 1. The quantitative estimate of drug-likeness (QED) is 0.374. The van der Waals surface area contributed by atoms with Gasteiger partial charge in [0.2, 0.25) is 0 Å². The summed E-state index contributed by atoms with van der Waals surface area (Å²) in [6, 6.07) is 11.8. The van der Waals surface area contributed by atoms with Gasteiger partial charge in [-0.1, -0.05) is 30.3 Å². The average molecular weight is 283 g/mol. The van der Waals surface area contributed by atoms with Gasteiger partial charge in [-0.2, -0.15) is 0 Å². The smallest absolute Gasteiger partial charge is 0.422 e. The van der Waals surface area contributed by atoms with Crippen molar-refractivity contribution < 1.29 is 18.9 Å². The van der Waals surface area contributed by atoms with E-state index in [1.54, 1.807) is 6.08 Å². The zero-order valence-corrected chi connectivity index (χ0v) is 10.7. The van der Waals surface area contributed by atoms with Crippen LogP contribution in [0.1, 0.15) is 11.3 Å². The molecule has 1 aliphatic rings. The molecule has 0 fully saturated rings. The van der Waals surface area contributed by atoms with Crippen LogP contribution in [-0.4, -0.2) is 10.9 Å². The molecule has 0 aliphatic carbocycles. The number of rotatable bonds is 3. The Kier molecular flexibility index (Phi) is 3.12. The van der Waals surface area contributed by atoms with Crippen molar-refractivity contribution in [3.05, 3.63) is 75.6 Å². The van der Waals surface area contributed by atoms with E-state index in [1.807, 2.05) is 30.3 Å². The lowest BCUT2D eigenvalue weighted by molar-refractivity contribution is -0.402. The number of esters is 1. The minimum absolute atomic E-state index is 0.221. The molecule has 0 saturated carbocycles. The summed E-state index contributed by atoms with van der Waals surface area (Å²) in [4.78, 5) is 21.7. The minimum Gasteiger partial charge on any atom is -0.422 e. The minimum atomic E-state index is -0.639. The Balaban J connectivity index is 1.91. The Labute approximate surface area is 119 Å². The van der Waals surface area contributed by atoms with Gasteiger partial charge in [0.1, 0.15) is 16.4 Å². The van der Waals surface area contributed by atoms with Crippen LogP contribution in [-0.2, 0) is 9.53 Å². The fourth-order valence-corrected chi connectivity index (χ4v) is 1.90. The van der Waals surface area contributed by atoms with Crippen molar-refractivity contribution in [2.24, 2.45) is 0 Å². The third kappa shape index (κ3) is 2.59. The normalized spacial score (nSPS) is 15.9.